The zero-order chi connectivity index (χ0) is 21.3. The number of hydrogen-bond donors (Lipinski definition) is 0. The standard InChI is InChI=1S/C21H21FN2O5S/c1-28-17-4-7-19-15(12-21(25)29-20(19)13-17)14-23-8-10-24(11-9-23)30(26,27)18-5-2-16(22)3-6-18/h2-7,12-13H,8-11,14H2,1H3. The summed E-state index contributed by atoms with van der Waals surface area (Å²) in [5, 5.41) is 0.816. The van der Waals surface area contributed by atoms with Gasteiger partial charge in [0.2, 0.25) is 10.0 Å². The van der Waals surface area contributed by atoms with E-state index in [-0.39, 0.29) is 4.90 Å². The molecular formula is C21H21FN2O5S. The van der Waals surface area contributed by atoms with E-state index in [4.69, 9.17) is 9.15 Å². The summed E-state index contributed by atoms with van der Waals surface area (Å²) in [6.45, 7) is 2.15. The molecule has 0 amide bonds. The average Bonchev–Trinajstić information content (AvgIpc) is 2.74. The van der Waals surface area contributed by atoms with Crippen molar-refractivity contribution in [3.05, 3.63) is 70.3 Å². The summed E-state index contributed by atoms with van der Waals surface area (Å²) in [6.07, 6.45) is 0. The van der Waals surface area contributed by atoms with Crippen molar-refractivity contribution in [3.63, 3.8) is 0 Å². The number of halogens is 1. The number of hydrogen-bond acceptors (Lipinski definition) is 6. The summed E-state index contributed by atoms with van der Waals surface area (Å²) in [6, 6.07) is 11.6. The summed E-state index contributed by atoms with van der Waals surface area (Å²) >= 11 is 0. The Kier molecular flexibility index (Phi) is 5.59. The Morgan fingerprint density at radius 1 is 1.03 bits per heavy atom. The molecule has 0 radical (unpaired) electrons. The number of ether oxygens (including phenoxy) is 1. The van der Waals surface area contributed by atoms with Gasteiger partial charge < -0.3 is 9.15 Å². The van der Waals surface area contributed by atoms with Gasteiger partial charge in [-0.05, 0) is 42.0 Å². The van der Waals surface area contributed by atoms with Crippen LogP contribution in [0.1, 0.15) is 5.56 Å². The Hall–Kier alpha value is -2.75. The predicted molar refractivity (Wildman–Crippen MR) is 109 cm³/mol. The van der Waals surface area contributed by atoms with Gasteiger partial charge in [0.05, 0.1) is 12.0 Å². The van der Waals surface area contributed by atoms with Gasteiger partial charge in [0.25, 0.3) is 0 Å². The van der Waals surface area contributed by atoms with Gasteiger partial charge in [-0.15, -0.1) is 0 Å². The van der Waals surface area contributed by atoms with Crippen LogP contribution in [0.15, 0.2) is 62.6 Å². The second-order valence-electron chi connectivity index (χ2n) is 7.09. The maximum Gasteiger partial charge on any atom is 0.336 e. The van der Waals surface area contributed by atoms with Gasteiger partial charge in [-0.2, -0.15) is 4.31 Å². The van der Waals surface area contributed by atoms with E-state index >= 15 is 0 Å². The second kappa shape index (κ2) is 8.17. The van der Waals surface area contributed by atoms with E-state index in [2.05, 4.69) is 4.90 Å². The van der Waals surface area contributed by atoms with Crippen LogP contribution < -0.4 is 10.4 Å². The Bertz CT molecular complexity index is 1220. The zero-order valence-corrected chi connectivity index (χ0v) is 17.2. The molecule has 3 aromatic rings. The molecule has 9 heteroatoms. The van der Waals surface area contributed by atoms with Gasteiger partial charge in [-0.1, -0.05) is 0 Å². The number of nitrogens with zero attached hydrogens (tertiary/aromatic N) is 2. The van der Waals surface area contributed by atoms with Crippen molar-refractivity contribution in [1.29, 1.82) is 0 Å². The third-order valence-electron chi connectivity index (χ3n) is 5.21. The summed E-state index contributed by atoms with van der Waals surface area (Å²) in [4.78, 5) is 14.1. The fourth-order valence-corrected chi connectivity index (χ4v) is 5.01. The largest absolute Gasteiger partial charge is 0.497 e. The number of fused-ring (bicyclic) bond motifs is 1. The van der Waals surface area contributed by atoms with Gasteiger partial charge >= 0.3 is 5.63 Å². The minimum Gasteiger partial charge on any atom is -0.497 e. The molecule has 0 spiro atoms. The Balaban J connectivity index is 1.49. The molecule has 0 N–H and O–H groups in total. The first-order valence-electron chi connectivity index (χ1n) is 9.46. The van der Waals surface area contributed by atoms with E-state index in [1.807, 2.05) is 6.07 Å². The first kappa shape index (κ1) is 20.5. The van der Waals surface area contributed by atoms with E-state index in [1.54, 1.807) is 19.2 Å². The molecule has 4 rings (SSSR count). The molecule has 0 saturated carbocycles. The summed E-state index contributed by atoms with van der Waals surface area (Å²) in [5.41, 5.74) is 0.830. The highest BCUT2D eigenvalue weighted by Crippen LogP contribution is 2.24. The van der Waals surface area contributed by atoms with Gasteiger partial charge in [0.1, 0.15) is 17.1 Å². The van der Waals surface area contributed by atoms with Crippen LogP contribution in [0.4, 0.5) is 4.39 Å². The molecule has 2 heterocycles. The predicted octanol–water partition coefficient (Wildman–Crippen LogP) is 2.45. The second-order valence-corrected chi connectivity index (χ2v) is 9.02. The lowest BCUT2D eigenvalue weighted by molar-refractivity contribution is 0.182. The Labute approximate surface area is 173 Å². The molecule has 7 nitrogen and oxygen atoms in total. The molecule has 2 aromatic carbocycles. The maximum absolute atomic E-state index is 13.1. The van der Waals surface area contributed by atoms with Gasteiger partial charge in [0, 0.05) is 50.2 Å². The third kappa shape index (κ3) is 4.09. The first-order valence-corrected chi connectivity index (χ1v) is 10.9. The van der Waals surface area contributed by atoms with Crippen molar-refractivity contribution >= 4 is 21.0 Å². The molecule has 0 aliphatic carbocycles. The van der Waals surface area contributed by atoms with Crippen LogP contribution in [0.25, 0.3) is 11.0 Å². The van der Waals surface area contributed by atoms with E-state index < -0.39 is 21.5 Å². The molecule has 1 aromatic heterocycles. The van der Waals surface area contributed by atoms with Gasteiger partial charge in [0.15, 0.2) is 0 Å². The number of piperazine rings is 1. The Morgan fingerprint density at radius 3 is 2.40 bits per heavy atom. The molecule has 0 unspecified atom stereocenters. The van der Waals surface area contributed by atoms with Crippen LogP contribution in [0.2, 0.25) is 0 Å². The van der Waals surface area contributed by atoms with Crippen molar-refractivity contribution in [3.8, 4) is 5.75 Å². The smallest absolute Gasteiger partial charge is 0.336 e. The number of rotatable bonds is 5. The minimum absolute atomic E-state index is 0.0814. The minimum atomic E-state index is -3.66. The fourth-order valence-electron chi connectivity index (χ4n) is 3.59. The molecule has 1 fully saturated rings. The van der Waals surface area contributed by atoms with Crippen molar-refractivity contribution < 1.29 is 22.0 Å². The van der Waals surface area contributed by atoms with Crippen LogP contribution in [0, 0.1) is 5.82 Å². The number of benzene rings is 2. The monoisotopic (exact) mass is 432 g/mol. The van der Waals surface area contributed by atoms with Gasteiger partial charge in [-0.25, -0.2) is 17.6 Å². The summed E-state index contributed by atoms with van der Waals surface area (Å²) in [5.74, 6) is 0.123. The van der Waals surface area contributed by atoms with Crippen molar-refractivity contribution in [1.82, 2.24) is 9.21 Å². The Morgan fingerprint density at radius 2 is 1.73 bits per heavy atom. The quantitative estimate of drug-likeness (QED) is 0.576. The molecule has 30 heavy (non-hydrogen) atoms. The normalized spacial score (nSPS) is 16.1. The van der Waals surface area contributed by atoms with Crippen LogP contribution in [-0.2, 0) is 16.6 Å². The summed E-state index contributed by atoms with van der Waals surface area (Å²) in [7, 11) is -2.12. The third-order valence-corrected chi connectivity index (χ3v) is 7.13. The van der Waals surface area contributed by atoms with E-state index in [0.717, 1.165) is 23.1 Å². The highest BCUT2D eigenvalue weighted by molar-refractivity contribution is 7.89. The van der Waals surface area contributed by atoms with Crippen molar-refractivity contribution in [2.24, 2.45) is 0 Å². The van der Waals surface area contributed by atoms with Crippen LogP contribution in [-0.4, -0.2) is 50.9 Å². The molecule has 0 atom stereocenters. The first-order chi connectivity index (χ1) is 14.4. The van der Waals surface area contributed by atoms with Crippen LogP contribution >= 0.6 is 0 Å². The molecule has 1 aliphatic rings. The van der Waals surface area contributed by atoms with Crippen molar-refractivity contribution in [2.45, 2.75) is 11.4 Å². The lowest BCUT2D eigenvalue weighted by Gasteiger charge is -2.34. The highest BCUT2D eigenvalue weighted by atomic mass is 32.2. The lowest BCUT2D eigenvalue weighted by Crippen LogP contribution is -2.48. The van der Waals surface area contributed by atoms with E-state index in [1.165, 1.54) is 22.5 Å². The summed E-state index contributed by atoms with van der Waals surface area (Å²) < 4.78 is 50.5. The topological polar surface area (TPSA) is 80.1 Å². The van der Waals surface area contributed by atoms with E-state index in [0.29, 0.717) is 44.1 Å². The average molecular weight is 432 g/mol. The lowest BCUT2D eigenvalue weighted by atomic mass is 10.1. The van der Waals surface area contributed by atoms with Crippen LogP contribution in [0.5, 0.6) is 5.75 Å². The number of methoxy groups -OCH3 is 1. The SMILES string of the molecule is COc1ccc2c(CN3CCN(S(=O)(=O)c4ccc(F)cc4)CC3)cc(=O)oc2c1. The van der Waals surface area contributed by atoms with Gasteiger partial charge in [-0.3, -0.25) is 4.90 Å². The zero-order valence-electron chi connectivity index (χ0n) is 16.4. The maximum atomic E-state index is 13.1. The molecule has 0 bridgehead atoms. The molecule has 1 aliphatic heterocycles. The fraction of sp³-hybridized carbons (Fsp3) is 0.286. The molecule has 158 valence electrons. The molecule has 1 saturated heterocycles. The van der Waals surface area contributed by atoms with Crippen molar-refractivity contribution in [2.75, 3.05) is 33.3 Å². The number of sulfonamides is 1. The van der Waals surface area contributed by atoms with E-state index in [9.17, 15) is 17.6 Å². The molecular weight excluding hydrogens is 411 g/mol. The van der Waals surface area contributed by atoms with Crippen LogP contribution in [0.3, 0.4) is 0 Å². The highest BCUT2D eigenvalue weighted by Gasteiger charge is 2.28.